The quantitative estimate of drug-likeness (QED) is 0.710. The molecule has 5 nitrogen and oxygen atoms in total. The van der Waals surface area contributed by atoms with Gasteiger partial charge in [0.1, 0.15) is 0 Å². The van der Waals surface area contributed by atoms with Gasteiger partial charge in [0, 0.05) is 45.9 Å². The third-order valence-corrected chi connectivity index (χ3v) is 4.40. The maximum atomic E-state index is 5.02. The highest BCUT2D eigenvalue weighted by molar-refractivity contribution is 4.68. The molecular weight excluding hydrogens is 336 g/mol. The molecular formula is C22H56N4O. The highest BCUT2D eigenvalue weighted by Crippen LogP contribution is 1.98. The first kappa shape index (κ1) is 34.3. The van der Waals surface area contributed by atoms with Crippen molar-refractivity contribution in [3.8, 4) is 0 Å². The lowest BCUT2D eigenvalue weighted by Crippen LogP contribution is -2.45. The second-order valence-corrected chi connectivity index (χ2v) is 6.18. The van der Waals surface area contributed by atoms with Crippen LogP contribution in [0.1, 0.15) is 61.8 Å². The molecule has 1 saturated heterocycles. The first-order valence-electron chi connectivity index (χ1n) is 11.2. The molecule has 0 aromatic rings. The standard InChI is InChI=1S/C8H18N2O.C7H17N.C3H9N.2C2H6/c1-9-3-5-10(6-4-9)7-8-11-2;1-5-7(3)8(4)6-2;1-3-4-2;2*1-2/h3-8H2,1-2H3;7H,5-6H2,1-4H3;4H,3H2,1-2H3;2*1-2H3. The molecule has 0 spiro atoms. The Labute approximate surface area is 173 Å². The van der Waals surface area contributed by atoms with Crippen molar-refractivity contribution in [2.45, 2.75) is 67.9 Å². The first-order valence-corrected chi connectivity index (χ1v) is 11.2. The Balaban J connectivity index is -0.000000146. The predicted octanol–water partition coefficient (Wildman–Crippen LogP) is 3.89. The Bertz CT molecular complexity index is 210. The van der Waals surface area contributed by atoms with E-state index < -0.39 is 0 Å². The fourth-order valence-electron chi connectivity index (χ4n) is 1.92. The Morgan fingerprint density at radius 2 is 1.44 bits per heavy atom. The van der Waals surface area contributed by atoms with E-state index in [2.05, 4.69) is 61.8 Å². The first-order chi connectivity index (χ1) is 13.0. The predicted molar refractivity (Wildman–Crippen MR) is 126 cm³/mol. The van der Waals surface area contributed by atoms with Crippen LogP contribution < -0.4 is 5.32 Å². The van der Waals surface area contributed by atoms with E-state index in [1.165, 1.54) is 32.6 Å². The van der Waals surface area contributed by atoms with Crippen molar-refractivity contribution in [1.29, 1.82) is 0 Å². The molecule has 27 heavy (non-hydrogen) atoms. The third kappa shape index (κ3) is 28.1. The fourth-order valence-corrected chi connectivity index (χ4v) is 1.92. The fraction of sp³-hybridized carbons (Fsp3) is 1.00. The van der Waals surface area contributed by atoms with Gasteiger partial charge in [0.15, 0.2) is 0 Å². The summed E-state index contributed by atoms with van der Waals surface area (Å²) in [5.41, 5.74) is 0. The van der Waals surface area contributed by atoms with E-state index in [0.29, 0.717) is 0 Å². The van der Waals surface area contributed by atoms with Crippen LogP contribution in [0.2, 0.25) is 0 Å². The molecule has 1 aliphatic rings. The van der Waals surface area contributed by atoms with E-state index in [9.17, 15) is 0 Å². The zero-order chi connectivity index (χ0) is 22.1. The van der Waals surface area contributed by atoms with Gasteiger partial charge in [-0.05, 0) is 47.6 Å². The van der Waals surface area contributed by atoms with Gasteiger partial charge in [0.05, 0.1) is 6.61 Å². The third-order valence-electron chi connectivity index (χ3n) is 4.40. The number of rotatable bonds is 7. The summed E-state index contributed by atoms with van der Waals surface area (Å²) >= 11 is 0. The summed E-state index contributed by atoms with van der Waals surface area (Å²) in [7, 11) is 8.03. The Morgan fingerprint density at radius 1 is 1.00 bits per heavy atom. The molecule has 0 aromatic heterocycles. The van der Waals surface area contributed by atoms with E-state index in [1.54, 1.807) is 7.11 Å². The minimum absolute atomic E-state index is 0.750. The zero-order valence-electron chi connectivity index (χ0n) is 21.2. The largest absolute Gasteiger partial charge is 0.383 e. The van der Waals surface area contributed by atoms with Crippen molar-refractivity contribution in [2.75, 3.05) is 80.7 Å². The lowest BCUT2D eigenvalue weighted by Gasteiger charge is -2.31. The van der Waals surface area contributed by atoms with Gasteiger partial charge in [0.25, 0.3) is 0 Å². The molecule has 1 atom stereocenters. The summed E-state index contributed by atoms with van der Waals surface area (Å²) in [5.74, 6) is 0. The van der Waals surface area contributed by atoms with Crippen molar-refractivity contribution < 1.29 is 4.74 Å². The van der Waals surface area contributed by atoms with Gasteiger partial charge in [-0.2, -0.15) is 0 Å². The molecule has 1 heterocycles. The van der Waals surface area contributed by atoms with Crippen LogP contribution in [0.3, 0.4) is 0 Å². The highest BCUT2D eigenvalue weighted by atomic mass is 16.5. The van der Waals surface area contributed by atoms with Crippen molar-refractivity contribution in [1.82, 2.24) is 20.0 Å². The summed E-state index contributed by atoms with van der Waals surface area (Å²) in [4.78, 5) is 7.16. The Morgan fingerprint density at radius 3 is 1.70 bits per heavy atom. The molecule has 1 rings (SSSR count). The maximum Gasteiger partial charge on any atom is 0.0589 e. The van der Waals surface area contributed by atoms with E-state index in [0.717, 1.165) is 32.3 Å². The molecule has 1 N–H and O–H groups in total. The van der Waals surface area contributed by atoms with Crippen LogP contribution in [-0.2, 0) is 4.74 Å². The van der Waals surface area contributed by atoms with Crippen LogP contribution in [0.4, 0.5) is 0 Å². The molecule has 5 heteroatoms. The number of hydrogen-bond donors (Lipinski definition) is 1. The number of methoxy groups -OCH3 is 1. The number of ether oxygens (including phenoxy) is 1. The van der Waals surface area contributed by atoms with Crippen LogP contribution in [0.15, 0.2) is 0 Å². The van der Waals surface area contributed by atoms with Crippen molar-refractivity contribution in [3.63, 3.8) is 0 Å². The topological polar surface area (TPSA) is 31.0 Å². The molecule has 0 aromatic carbocycles. The number of piperazine rings is 1. The van der Waals surface area contributed by atoms with Gasteiger partial charge in [-0.3, -0.25) is 4.90 Å². The number of nitrogens with zero attached hydrogens (tertiary/aromatic N) is 3. The molecule has 0 saturated carbocycles. The molecule has 1 fully saturated rings. The van der Waals surface area contributed by atoms with E-state index >= 15 is 0 Å². The van der Waals surface area contributed by atoms with E-state index in [-0.39, 0.29) is 0 Å². The minimum Gasteiger partial charge on any atom is -0.383 e. The van der Waals surface area contributed by atoms with Crippen molar-refractivity contribution in [3.05, 3.63) is 0 Å². The van der Waals surface area contributed by atoms with Gasteiger partial charge in [-0.25, -0.2) is 0 Å². The molecule has 1 aliphatic heterocycles. The van der Waals surface area contributed by atoms with Gasteiger partial charge in [-0.15, -0.1) is 0 Å². The average molecular weight is 393 g/mol. The van der Waals surface area contributed by atoms with Crippen molar-refractivity contribution in [2.24, 2.45) is 0 Å². The number of nitrogens with one attached hydrogen (secondary N) is 1. The number of hydrogen-bond acceptors (Lipinski definition) is 5. The average Bonchev–Trinajstić information content (AvgIpc) is 2.75. The van der Waals surface area contributed by atoms with Gasteiger partial charge in [-0.1, -0.05) is 48.5 Å². The smallest absolute Gasteiger partial charge is 0.0589 e. The maximum absolute atomic E-state index is 5.02. The molecule has 1 unspecified atom stereocenters. The van der Waals surface area contributed by atoms with E-state index in [1.807, 2.05) is 34.7 Å². The van der Waals surface area contributed by atoms with Gasteiger partial charge < -0.3 is 19.9 Å². The Kier molecular flexibility index (Phi) is 38.8. The molecule has 0 amide bonds. The molecule has 170 valence electrons. The normalized spacial score (nSPS) is 15.0. The van der Waals surface area contributed by atoms with Crippen LogP contribution >= 0.6 is 0 Å². The van der Waals surface area contributed by atoms with Crippen LogP contribution in [-0.4, -0.2) is 101 Å². The molecule has 0 aliphatic carbocycles. The lowest BCUT2D eigenvalue weighted by molar-refractivity contribution is 0.108. The second kappa shape index (κ2) is 30.5. The summed E-state index contributed by atoms with van der Waals surface area (Å²) in [6.07, 6.45) is 1.25. The van der Waals surface area contributed by atoms with Crippen LogP contribution in [0.5, 0.6) is 0 Å². The summed E-state index contributed by atoms with van der Waals surface area (Å²) < 4.78 is 5.02. The van der Waals surface area contributed by atoms with Crippen LogP contribution in [0, 0.1) is 0 Å². The van der Waals surface area contributed by atoms with Crippen molar-refractivity contribution >= 4 is 0 Å². The summed E-state index contributed by atoms with van der Waals surface area (Å²) in [6, 6.07) is 0.750. The highest BCUT2D eigenvalue weighted by Gasteiger charge is 2.12. The number of likely N-dealkylation sites (N-methyl/N-ethyl adjacent to an activating group) is 1. The minimum atomic E-state index is 0.750. The Hall–Kier alpha value is -0.200. The van der Waals surface area contributed by atoms with Gasteiger partial charge in [0.2, 0.25) is 0 Å². The SMILES string of the molecule is CC.CC.CCC(C)N(C)CC.CCNC.COCCN1CCN(C)CC1. The molecule has 0 bridgehead atoms. The molecule has 0 radical (unpaired) electrons. The van der Waals surface area contributed by atoms with Crippen LogP contribution in [0.25, 0.3) is 0 Å². The summed E-state index contributed by atoms with van der Waals surface area (Å²) in [6.45, 7) is 25.7. The zero-order valence-corrected chi connectivity index (χ0v) is 21.2. The summed E-state index contributed by atoms with van der Waals surface area (Å²) in [5, 5.41) is 2.93. The van der Waals surface area contributed by atoms with Gasteiger partial charge >= 0.3 is 0 Å². The monoisotopic (exact) mass is 392 g/mol. The lowest BCUT2D eigenvalue weighted by atomic mass is 10.2. The second-order valence-electron chi connectivity index (χ2n) is 6.18. The van der Waals surface area contributed by atoms with E-state index in [4.69, 9.17) is 4.74 Å².